The maximum Gasteiger partial charge on any atom is 0.193 e. The van der Waals surface area contributed by atoms with Crippen LogP contribution in [0.25, 0.3) is 0 Å². The predicted molar refractivity (Wildman–Crippen MR) is 117 cm³/mol. The van der Waals surface area contributed by atoms with Gasteiger partial charge in [0, 0.05) is 31.8 Å². The van der Waals surface area contributed by atoms with Crippen molar-refractivity contribution in [1.29, 1.82) is 0 Å². The van der Waals surface area contributed by atoms with Crippen molar-refractivity contribution in [2.75, 3.05) is 39.9 Å². The third kappa shape index (κ3) is 7.36. The number of likely N-dealkylation sites (tertiary alicyclic amines) is 1. The Balaban J connectivity index is 1.36. The van der Waals surface area contributed by atoms with Crippen LogP contribution in [0, 0.1) is 0 Å². The summed E-state index contributed by atoms with van der Waals surface area (Å²) in [6.45, 7) is 6.21. The Bertz CT molecular complexity index is 644. The summed E-state index contributed by atoms with van der Waals surface area (Å²) >= 11 is 6.02. The number of ether oxygens (including phenoxy) is 3. The van der Waals surface area contributed by atoms with Gasteiger partial charge in [-0.1, -0.05) is 17.7 Å². The molecule has 0 spiro atoms. The molecule has 1 aromatic rings. The van der Waals surface area contributed by atoms with Gasteiger partial charge in [0.1, 0.15) is 11.9 Å². The van der Waals surface area contributed by atoms with E-state index in [1.54, 1.807) is 0 Å². The number of piperidine rings is 1. The molecule has 2 fully saturated rings. The fourth-order valence-corrected chi connectivity index (χ4v) is 3.98. The SMILES string of the molecule is CN=C(NCC(C)Oc1cccc(Cl)c1)N1CCC(OCC2CCCCO2)CC1. The van der Waals surface area contributed by atoms with Crippen molar-refractivity contribution in [2.24, 2.45) is 4.99 Å². The average molecular weight is 424 g/mol. The lowest BCUT2D eigenvalue weighted by Gasteiger charge is -2.35. The summed E-state index contributed by atoms with van der Waals surface area (Å²) in [7, 11) is 1.83. The summed E-state index contributed by atoms with van der Waals surface area (Å²) in [6, 6.07) is 7.48. The zero-order chi connectivity index (χ0) is 20.5. The molecule has 7 heteroatoms. The fraction of sp³-hybridized carbons (Fsp3) is 0.682. The van der Waals surface area contributed by atoms with Crippen LogP contribution in [0.15, 0.2) is 29.3 Å². The van der Waals surface area contributed by atoms with Crippen molar-refractivity contribution in [3.63, 3.8) is 0 Å². The Kier molecular flexibility index (Phi) is 8.90. The Labute approximate surface area is 179 Å². The van der Waals surface area contributed by atoms with E-state index in [4.69, 9.17) is 25.8 Å². The molecule has 0 aromatic heterocycles. The van der Waals surface area contributed by atoms with Gasteiger partial charge < -0.3 is 24.4 Å². The molecular formula is C22H34ClN3O3. The number of hydrogen-bond acceptors (Lipinski definition) is 4. The summed E-state index contributed by atoms with van der Waals surface area (Å²) in [4.78, 5) is 6.74. The molecule has 0 aliphatic carbocycles. The quantitative estimate of drug-likeness (QED) is 0.535. The normalized spacial score (nSPS) is 22.4. The number of nitrogens with one attached hydrogen (secondary N) is 1. The van der Waals surface area contributed by atoms with Gasteiger partial charge in [-0.3, -0.25) is 4.99 Å². The minimum absolute atomic E-state index is 0.00147. The highest BCUT2D eigenvalue weighted by atomic mass is 35.5. The summed E-state index contributed by atoms with van der Waals surface area (Å²) in [5, 5.41) is 4.11. The largest absolute Gasteiger partial charge is 0.489 e. The number of aliphatic imine (C=N–C) groups is 1. The first-order chi connectivity index (χ1) is 14.1. The zero-order valence-electron chi connectivity index (χ0n) is 17.6. The standard InChI is InChI=1S/C22H34ClN3O3/c1-17(29-20-8-5-6-18(23)14-20)15-25-22(24-2)26-11-9-19(10-12-26)28-16-21-7-3-4-13-27-21/h5-6,8,14,17,19,21H,3-4,7,9-13,15-16H2,1-2H3,(H,24,25). The number of rotatable bonds is 7. The van der Waals surface area contributed by atoms with Gasteiger partial charge in [0.15, 0.2) is 5.96 Å². The first-order valence-electron chi connectivity index (χ1n) is 10.7. The molecule has 1 N–H and O–H groups in total. The van der Waals surface area contributed by atoms with Gasteiger partial charge in [0.25, 0.3) is 0 Å². The molecule has 162 valence electrons. The number of benzene rings is 1. The zero-order valence-corrected chi connectivity index (χ0v) is 18.4. The molecule has 0 amide bonds. The number of guanidine groups is 1. The molecule has 2 unspecified atom stereocenters. The van der Waals surface area contributed by atoms with Crippen molar-refractivity contribution in [3.05, 3.63) is 29.3 Å². The lowest BCUT2D eigenvalue weighted by atomic mass is 10.1. The lowest BCUT2D eigenvalue weighted by molar-refractivity contribution is -0.0721. The maximum atomic E-state index is 6.12. The minimum Gasteiger partial charge on any atom is -0.489 e. The van der Waals surface area contributed by atoms with Crippen LogP contribution >= 0.6 is 11.6 Å². The van der Waals surface area contributed by atoms with Crippen LogP contribution in [-0.2, 0) is 9.47 Å². The molecule has 0 saturated carbocycles. The van der Waals surface area contributed by atoms with E-state index in [-0.39, 0.29) is 12.2 Å². The molecule has 1 aromatic carbocycles. The predicted octanol–water partition coefficient (Wildman–Crippen LogP) is 3.73. The molecule has 3 rings (SSSR count). The monoisotopic (exact) mass is 423 g/mol. The second-order valence-corrected chi connectivity index (χ2v) is 8.26. The highest BCUT2D eigenvalue weighted by molar-refractivity contribution is 6.30. The summed E-state index contributed by atoms with van der Waals surface area (Å²) in [5.41, 5.74) is 0. The van der Waals surface area contributed by atoms with Gasteiger partial charge in [-0.05, 0) is 57.2 Å². The van der Waals surface area contributed by atoms with E-state index in [0.29, 0.717) is 17.7 Å². The Morgan fingerprint density at radius 3 is 2.83 bits per heavy atom. The Morgan fingerprint density at radius 2 is 2.14 bits per heavy atom. The van der Waals surface area contributed by atoms with Crippen LogP contribution in [0.1, 0.15) is 39.0 Å². The van der Waals surface area contributed by atoms with E-state index in [2.05, 4.69) is 15.2 Å². The smallest absolute Gasteiger partial charge is 0.193 e. The third-order valence-electron chi connectivity index (χ3n) is 5.43. The number of halogens is 1. The van der Waals surface area contributed by atoms with Crippen LogP contribution in [0.2, 0.25) is 5.02 Å². The van der Waals surface area contributed by atoms with Gasteiger partial charge in [-0.25, -0.2) is 0 Å². The van der Waals surface area contributed by atoms with Crippen molar-refractivity contribution in [1.82, 2.24) is 10.2 Å². The Morgan fingerprint density at radius 1 is 1.31 bits per heavy atom. The highest BCUT2D eigenvalue weighted by Crippen LogP contribution is 2.19. The fourth-order valence-electron chi connectivity index (χ4n) is 3.80. The second kappa shape index (κ2) is 11.6. The summed E-state index contributed by atoms with van der Waals surface area (Å²) in [6.07, 6.45) is 6.21. The van der Waals surface area contributed by atoms with Gasteiger partial charge in [-0.15, -0.1) is 0 Å². The van der Waals surface area contributed by atoms with Gasteiger partial charge in [-0.2, -0.15) is 0 Å². The molecule has 2 atom stereocenters. The van der Waals surface area contributed by atoms with E-state index < -0.39 is 0 Å². The topological polar surface area (TPSA) is 55.3 Å². The van der Waals surface area contributed by atoms with Crippen molar-refractivity contribution in [3.8, 4) is 5.75 Å². The second-order valence-electron chi connectivity index (χ2n) is 7.82. The average Bonchev–Trinajstić information content (AvgIpc) is 2.74. The summed E-state index contributed by atoms with van der Waals surface area (Å²) in [5.74, 6) is 1.70. The molecule has 0 radical (unpaired) electrons. The van der Waals surface area contributed by atoms with Crippen molar-refractivity contribution < 1.29 is 14.2 Å². The highest BCUT2D eigenvalue weighted by Gasteiger charge is 2.24. The van der Waals surface area contributed by atoms with Crippen LogP contribution in [0.5, 0.6) is 5.75 Å². The van der Waals surface area contributed by atoms with Crippen LogP contribution < -0.4 is 10.1 Å². The molecule has 2 aliphatic heterocycles. The van der Waals surface area contributed by atoms with E-state index in [9.17, 15) is 0 Å². The van der Waals surface area contributed by atoms with Crippen LogP contribution in [-0.4, -0.2) is 69.1 Å². The van der Waals surface area contributed by atoms with Gasteiger partial charge in [0.2, 0.25) is 0 Å². The molecular weight excluding hydrogens is 390 g/mol. The minimum atomic E-state index is 0.00147. The summed E-state index contributed by atoms with van der Waals surface area (Å²) < 4.78 is 17.8. The van der Waals surface area contributed by atoms with Crippen molar-refractivity contribution in [2.45, 2.75) is 57.3 Å². The first kappa shape index (κ1) is 22.2. The Hall–Kier alpha value is -1.50. The van der Waals surface area contributed by atoms with Crippen LogP contribution in [0.4, 0.5) is 0 Å². The molecule has 2 saturated heterocycles. The van der Waals surface area contributed by atoms with E-state index in [1.165, 1.54) is 12.8 Å². The number of nitrogens with zero attached hydrogens (tertiary/aromatic N) is 2. The molecule has 0 bridgehead atoms. The molecule has 29 heavy (non-hydrogen) atoms. The number of hydrogen-bond donors (Lipinski definition) is 1. The maximum absolute atomic E-state index is 6.12. The molecule has 2 aliphatic rings. The molecule has 6 nitrogen and oxygen atoms in total. The van der Waals surface area contributed by atoms with E-state index >= 15 is 0 Å². The van der Waals surface area contributed by atoms with E-state index in [1.807, 2.05) is 38.2 Å². The molecule has 2 heterocycles. The lowest BCUT2D eigenvalue weighted by Crippen LogP contribution is -2.49. The van der Waals surface area contributed by atoms with Crippen LogP contribution in [0.3, 0.4) is 0 Å². The third-order valence-corrected chi connectivity index (χ3v) is 5.66. The van der Waals surface area contributed by atoms with Crippen molar-refractivity contribution >= 4 is 17.6 Å². The first-order valence-corrected chi connectivity index (χ1v) is 11.1. The van der Waals surface area contributed by atoms with E-state index in [0.717, 1.165) is 57.3 Å². The van der Waals surface area contributed by atoms with Gasteiger partial charge >= 0.3 is 0 Å². The van der Waals surface area contributed by atoms with Gasteiger partial charge in [0.05, 0.1) is 25.4 Å².